The third-order valence-electron chi connectivity index (χ3n) is 5.95. The number of carbonyl (C=O) groups excluding carboxylic acids is 2. The number of phenols is 1. The van der Waals surface area contributed by atoms with Crippen molar-refractivity contribution in [3.8, 4) is 5.75 Å². The lowest BCUT2D eigenvalue weighted by atomic mass is 10.0. The second-order valence-corrected chi connectivity index (χ2v) is 8.87. The van der Waals surface area contributed by atoms with E-state index >= 15 is 0 Å². The minimum atomic E-state index is -0.625. The van der Waals surface area contributed by atoms with Crippen LogP contribution in [0.2, 0.25) is 0 Å². The van der Waals surface area contributed by atoms with E-state index in [1.807, 2.05) is 0 Å². The van der Waals surface area contributed by atoms with Crippen LogP contribution in [0.25, 0.3) is 0 Å². The Morgan fingerprint density at radius 1 is 0.719 bits per heavy atom. The predicted molar refractivity (Wildman–Crippen MR) is 128 cm³/mol. The molecule has 0 saturated heterocycles. The van der Waals surface area contributed by atoms with E-state index < -0.39 is 17.9 Å². The van der Waals surface area contributed by atoms with Crippen LogP contribution in [0.15, 0.2) is 24.3 Å². The van der Waals surface area contributed by atoms with E-state index in [1.165, 1.54) is 89.2 Å². The van der Waals surface area contributed by atoms with Crippen LogP contribution in [0.3, 0.4) is 0 Å². The number of hydrogen-bond acceptors (Lipinski definition) is 5. The highest BCUT2D eigenvalue weighted by molar-refractivity contribution is 5.78. The standard InChI is InChI=1S/C27H44O5/c1-3-4-5-6-7-8-9-10-11-12-13-14-15-16-17-18-26(29)31-32-27(30)23(2)24-19-21-25(28)22-20-24/h19-23,28H,3-18H2,1-2H3. The van der Waals surface area contributed by atoms with Crippen molar-refractivity contribution < 1.29 is 24.5 Å². The van der Waals surface area contributed by atoms with Gasteiger partial charge in [-0.2, -0.15) is 0 Å². The molecule has 1 atom stereocenters. The zero-order valence-electron chi connectivity index (χ0n) is 20.3. The second kappa shape index (κ2) is 18.5. The van der Waals surface area contributed by atoms with Gasteiger partial charge in [-0.05, 0) is 31.0 Å². The fraction of sp³-hybridized carbons (Fsp3) is 0.704. The first kappa shape index (κ1) is 28.0. The molecule has 0 spiro atoms. The Labute approximate surface area is 194 Å². The van der Waals surface area contributed by atoms with E-state index in [1.54, 1.807) is 19.1 Å². The van der Waals surface area contributed by atoms with Crippen LogP contribution in [0.5, 0.6) is 5.75 Å². The third kappa shape index (κ3) is 14.1. The monoisotopic (exact) mass is 448 g/mol. The molecule has 0 fully saturated rings. The summed E-state index contributed by atoms with van der Waals surface area (Å²) in [4.78, 5) is 33.1. The molecule has 0 aromatic heterocycles. The summed E-state index contributed by atoms with van der Waals surface area (Å²) in [6.45, 7) is 3.92. The largest absolute Gasteiger partial charge is 0.508 e. The van der Waals surface area contributed by atoms with E-state index in [0.717, 1.165) is 19.3 Å². The van der Waals surface area contributed by atoms with Crippen molar-refractivity contribution in [2.75, 3.05) is 0 Å². The molecule has 182 valence electrons. The molecule has 5 heteroatoms. The first-order valence-electron chi connectivity index (χ1n) is 12.7. The lowest BCUT2D eigenvalue weighted by Gasteiger charge is -2.10. The summed E-state index contributed by atoms with van der Waals surface area (Å²) in [6.07, 6.45) is 19.3. The zero-order chi connectivity index (χ0) is 23.4. The van der Waals surface area contributed by atoms with Gasteiger partial charge < -0.3 is 5.11 Å². The average molecular weight is 449 g/mol. The van der Waals surface area contributed by atoms with E-state index in [4.69, 9.17) is 0 Å². The molecule has 1 rings (SSSR count). The Kier molecular flexibility index (Phi) is 16.2. The molecule has 1 N–H and O–H groups in total. The summed E-state index contributed by atoms with van der Waals surface area (Å²) in [5.41, 5.74) is 0.686. The van der Waals surface area contributed by atoms with Gasteiger partial charge in [-0.1, -0.05) is 109 Å². The highest BCUT2D eigenvalue weighted by Crippen LogP contribution is 2.20. The molecule has 1 unspecified atom stereocenters. The number of hydrogen-bond donors (Lipinski definition) is 1. The molecule has 0 aliphatic rings. The minimum Gasteiger partial charge on any atom is -0.508 e. The van der Waals surface area contributed by atoms with Crippen LogP contribution in [0.4, 0.5) is 0 Å². The summed E-state index contributed by atoms with van der Waals surface area (Å²) in [6, 6.07) is 6.28. The van der Waals surface area contributed by atoms with Gasteiger partial charge in [0, 0.05) is 0 Å². The minimum absolute atomic E-state index is 0.129. The maximum Gasteiger partial charge on any atom is 0.362 e. The van der Waals surface area contributed by atoms with Gasteiger partial charge in [-0.3, -0.25) is 0 Å². The molecule has 0 aliphatic heterocycles. The highest BCUT2D eigenvalue weighted by Gasteiger charge is 2.19. The zero-order valence-corrected chi connectivity index (χ0v) is 20.3. The summed E-state index contributed by atoms with van der Waals surface area (Å²) >= 11 is 0. The Hall–Kier alpha value is -2.04. The molecule has 0 heterocycles. The molecule has 1 aromatic carbocycles. The van der Waals surface area contributed by atoms with Crippen LogP contribution >= 0.6 is 0 Å². The molecular formula is C27H44O5. The first-order valence-corrected chi connectivity index (χ1v) is 12.7. The smallest absolute Gasteiger partial charge is 0.362 e. The van der Waals surface area contributed by atoms with Crippen molar-refractivity contribution in [2.24, 2.45) is 0 Å². The van der Waals surface area contributed by atoms with Crippen molar-refractivity contribution in [3.05, 3.63) is 29.8 Å². The van der Waals surface area contributed by atoms with E-state index in [2.05, 4.69) is 16.7 Å². The third-order valence-corrected chi connectivity index (χ3v) is 5.95. The molecule has 0 radical (unpaired) electrons. The maximum atomic E-state index is 12.0. The Morgan fingerprint density at radius 2 is 1.16 bits per heavy atom. The van der Waals surface area contributed by atoms with E-state index in [9.17, 15) is 14.7 Å². The molecule has 5 nitrogen and oxygen atoms in total. The van der Waals surface area contributed by atoms with Gasteiger partial charge in [0.25, 0.3) is 0 Å². The van der Waals surface area contributed by atoms with Gasteiger partial charge in [0.15, 0.2) is 0 Å². The Bertz CT molecular complexity index is 611. The van der Waals surface area contributed by atoms with E-state index in [0.29, 0.717) is 5.56 Å². The number of unbranched alkanes of at least 4 members (excludes halogenated alkanes) is 14. The number of aromatic hydroxyl groups is 1. The average Bonchev–Trinajstić information content (AvgIpc) is 2.80. The van der Waals surface area contributed by atoms with Crippen molar-refractivity contribution in [1.82, 2.24) is 0 Å². The SMILES string of the molecule is CCCCCCCCCCCCCCCCCC(=O)OOC(=O)C(C)c1ccc(O)cc1. The lowest BCUT2D eigenvalue weighted by Crippen LogP contribution is -2.16. The van der Waals surface area contributed by atoms with Crippen LogP contribution in [-0.2, 0) is 19.4 Å². The van der Waals surface area contributed by atoms with Crippen molar-refractivity contribution in [2.45, 2.75) is 122 Å². The Balaban J connectivity index is 1.91. The van der Waals surface area contributed by atoms with Gasteiger partial charge in [-0.25, -0.2) is 19.4 Å². The van der Waals surface area contributed by atoms with E-state index in [-0.39, 0.29) is 12.2 Å². The van der Waals surface area contributed by atoms with Crippen molar-refractivity contribution in [1.29, 1.82) is 0 Å². The number of rotatable bonds is 18. The molecule has 0 bridgehead atoms. The van der Waals surface area contributed by atoms with Crippen LogP contribution in [0.1, 0.15) is 128 Å². The fourth-order valence-electron chi connectivity index (χ4n) is 3.74. The molecule has 0 amide bonds. The maximum absolute atomic E-state index is 12.0. The molecule has 1 aromatic rings. The van der Waals surface area contributed by atoms with Gasteiger partial charge in [0.05, 0.1) is 12.3 Å². The fourth-order valence-corrected chi connectivity index (χ4v) is 3.74. The summed E-state index contributed by atoms with van der Waals surface area (Å²) in [5, 5.41) is 9.30. The second-order valence-electron chi connectivity index (χ2n) is 8.87. The molecule has 0 aliphatic carbocycles. The topological polar surface area (TPSA) is 72.8 Å². The number of phenolic OH excluding ortho intramolecular Hbond substituents is 1. The van der Waals surface area contributed by atoms with Gasteiger partial charge in [0.1, 0.15) is 5.75 Å². The summed E-state index contributed by atoms with van der Waals surface area (Å²) in [5.74, 6) is -1.58. The first-order chi connectivity index (χ1) is 15.5. The highest BCUT2D eigenvalue weighted by atomic mass is 17.2. The molecular weight excluding hydrogens is 404 g/mol. The summed E-state index contributed by atoms with van der Waals surface area (Å²) < 4.78 is 0. The lowest BCUT2D eigenvalue weighted by molar-refractivity contribution is -0.260. The quantitative estimate of drug-likeness (QED) is 0.141. The Morgan fingerprint density at radius 3 is 1.62 bits per heavy atom. The van der Waals surface area contributed by atoms with Crippen LogP contribution < -0.4 is 0 Å². The van der Waals surface area contributed by atoms with Crippen molar-refractivity contribution >= 4 is 11.9 Å². The van der Waals surface area contributed by atoms with Crippen molar-refractivity contribution in [3.63, 3.8) is 0 Å². The molecule has 0 saturated carbocycles. The summed E-state index contributed by atoms with van der Waals surface area (Å²) in [7, 11) is 0. The number of benzene rings is 1. The predicted octanol–water partition coefficient (Wildman–Crippen LogP) is 7.76. The van der Waals surface area contributed by atoms with Gasteiger partial charge >= 0.3 is 11.9 Å². The molecule has 32 heavy (non-hydrogen) atoms. The van der Waals surface area contributed by atoms with Crippen LogP contribution in [0, 0.1) is 0 Å². The van der Waals surface area contributed by atoms with Crippen LogP contribution in [-0.4, -0.2) is 17.0 Å². The normalized spacial score (nSPS) is 11.8. The van der Waals surface area contributed by atoms with Gasteiger partial charge in [0.2, 0.25) is 0 Å². The van der Waals surface area contributed by atoms with Gasteiger partial charge in [-0.15, -0.1) is 0 Å². The number of carbonyl (C=O) groups is 2.